The van der Waals surface area contributed by atoms with Crippen molar-refractivity contribution in [3.05, 3.63) is 12.2 Å². The molecule has 3 rings (SSSR count). The van der Waals surface area contributed by atoms with Crippen molar-refractivity contribution >= 4 is 21.7 Å². The molecule has 0 aromatic carbocycles. The van der Waals surface area contributed by atoms with Gasteiger partial charge in [-0.2, -0.15) is 0 Å². The molecule has 3 aliphatic carbocycles. The van der Waals surface area contributed by atoms with Crippen LogP contribution in [0, 0.1) is 34.5 Å². The number of allylic oxidation sites excluding steroid dienone is 2. The lowest BCUT2D eigenvalue weighted by atomic mass is 9.41. The van der Waals surface area contributed by atoms with E-state index in [2.05, 4.69) is 48.9 Å². The Morgan fingerprint density at radius 1 is 1.33 bits per heavy atom. The third kappa shape index (κ3) is 2.32. The zero-order valence-corrected chi connectivity index (χ0v) is 16.8. The molecule has 7 atom stereocenters. The second-order valence-corrected chi connectivity index (χ2v) is 9.74. The second-order valence-electron chi connectivity index (χ2n) is 9.18. The van der Waals surface area contributed by atoms with E-state index in [0.717, 1.165) is 24.6 Å². The molecule has 3 nitrogen and oxygen atoms in total. The Hall–Kier alpha value is -0.190. The highest BCUT2D eigenvalue weighted by Gasteiger charge is 2.66. The number of hydrogen-bond acceptors (Lipinski definition) is 3. The van der Waals surface area contributed by atoms with Gasteiger partial charge in [0.25, 0.3) is 0 Å². The number of rotatable bonds is 2. The van der Waals surface area contributed by atoms with E-state index < -0.39 is 17.1 Å². The zero-order chi connectivity index (χ0) is 17.9. The van der Waals surface area contributed by atoms with Crippen LogP contribution in [-0.2, 0) is 4.79 Å². The summed E-state index contributed by atoms with van der Waals surface area (Å²) in [5.41, 5.74) is -1.72. The van der Waals surface area contributed by atoms with E-state index >= 15 is 0 Å². The zero-order valence-electron chi connectivity index (χ0n) is 15.3. The monoisotopic (exact) mass is 398 g/mol. The molecule has 0 spiro atoms. The molecule has 4 heteroatoms. The standard InChI is InChI=1S/C20H31BrO3/c1-12(2)13-6-5-7-14-17-18(3,8-9-20(13,14)11-21)15(22)10-16(23)19(17,4)24/h5,7,12-15,17,22,24H,6,8-11H2,1-4H3. The van der Waals surface area contributed by atoms with Gasteiger partial charge in [-0.3, -0.25) is 4.79 Å². The highest BCUT2D eigenvalue weighted by Crippen LogP contribution is 2.65. The molecule has 2 N–H and O–H groups in total. The molecule has 2 saturated carbocycles. The predicted octanol–water partition coefficient (Wildman–Crippen LogP) is 3.72. The van der Waals surface area contributed by atoms with Crippen molar-refractivity contribution in [2.24, 2.45) is 34.5 Å². The predicted molar refractivity (Wildman–Crippen MR) is 98.9 cm³/mol. The Morgan fingerprint density at radius 2 is 2.00 bits per heavy atom. The first-order valence-corrected chi connectivity index (χ1v) is 10.4. The van der Waals surface area contributed by atoms with Crippen LogP contribution in [0.5, 0.6) is 0 Å². The van der Waals surface area contributed by atoms with Gasteiger partial charge >= 0.3 is 0 Å². The summed E-state index contributed by atoms with van der Waals surface area (Å²) in [5.74, 6) is 0.758. The normalized spacial score (nSPS) is 51.4. The maximum absolute atomic E-state index is 12.6. The van der Waals surface area contributed by atoms with Crippen LogP contribution in [0.15, 0.2) is 12.2 Å². The van der Waals surface area contributed by atoms with Gasteiger partial charge in [-0.25, -0.2) is 0 Å². The number of ketones is 1. The molecule has 24 heavy (non-hydrogen) atoms. The fourth-order valence-corrected chi connectivity index (χ4v) is 7.32. The van der Waals surface area contributed by atoms with Crippen LogP contribution in [0.25, 0.3) is 0 Å². The van der Waals surface area contributed by atoms with E-state index in [-0.39, 0.29) is 29.5 Å². The van der Waals surface area contributed by atoms with E-state index in [9.17, 15) is 15.0 Å². The molecule has 0 aromatic rings. The van der Waals surface area contributed by atoms with E-state index in [0.29, 0.717) is 11.8 Å². The minimum absolute atomic E-state index is 0.0500. The fourth-order valence-electron chi connectivity index (χ4n) is 6.25. The maximum atomic E-state index is 12.6. The number of carbonyl (C=O) groups excluding carboxylic acids is 1. The number of alkyl halides is 1. The molecule has 0 heterocycles. The number of carbonyl (C=O) groups is 1. The minimum atomic E-state index is -1.37. The summed E-state index contributed by atoms with van der Waals surface area (Å²) in [6, 6.07) is 0. The van der Waals surface area contributed by atoms with Crippen LogP contribution in [0.3, 0.4) is 0 Å². The lowest BCUT2D eigenvalue weighted by Gasteiger charge is -2.64. The Morgan fingerprint density at radius 3 is 2.58 bits per heavy atom. The molecule has 0 radical (unpaired) electrons. The van der Waals surface area contributed by atoms with Gasteiger partial charge in [0.15, 0.2) is 5.78 Å². The van der Waals surface area contributed by atoms with Gasteiger partial charge in [0, 0.05) is 23.1 Å². The van der Waals surface area contributed by atoms with Gasteiger partial charge < -0.3 is 10.2 Å². The molecule has 0 aliphatic heterocycles. The van der Waals surface area contributed by atoms with Crippen molar-refractivity contribution < 1.29 is 15.0 Å². The van der Waals surface area contributed by atoms with E-state index in [1.165, 1.54) is 0 Å². The van der Waals surface area contributed by atoms with Crippen LogP contribution in [0.1, 0.15) is 53.4 Å². The Balaban J connectivity index is 2.14. The number of halogens is 1. The molecule has 0 saturated heterocycles. The molecule has 2 fully saturated rings. The Bertz CT molecular complexity index is 555. The summed E-state index contributed by atoms with van der Waals surface area (Å²) in [6.45, 7) is 8.31. The maximum Gasteiger partial charge on any atom is 0.166 e. The smallest absolute Gasteiger partial charge is 0.166 e. The SMILES string of the molecule is CC(C)C1CC=CC2C3C(C)(O)C(=O)CC(O)C3(C)CCC21CBr. The summed E-state index contributed by atoms with van der Waals surface area (Å²) < 4.78 is 0. The molecule has 0 bridgehead atoms. The number of Topliss-reactive ketones (excluding diaryl/α,β-unsaturated/α-hetero) is 1. The first kappa shape index (κ1) is 18.6. The number of aliphatic hydroxyl groups is 2. The summed E-state index contributed by atoms with van der Waals surface area (Å²) in [7, 11) is 0. The fraction of sp³-hybridized carbons (Fsp3) is 0.850. The van der Waals surface area contributed by atoms with Crippen molar-refractivity contribution in [2.75, 3.05) is 5.33 Å². The number of fused-ring (bicyclic) bond motifs is 3. The largest absolute Gasteiger partial charge is 0.392 e. The lowest BCUT2D eigenvalue weighted by molar-refractivity contribution is -0.209. The third-order valence-electron chi connectivity index (χ3n) is 7.70. The number of hydrogen-bond donors (Lipinski definition) is 2. The van der Waals surface area contributed by atoms with E-state index in [4.69, 9.17) is 0 Å². The van der Waals surface area contributed by atoms with Gasteiger partial charge in [-0.15, -0.1) is 0 Å². The topological polar surface area (TPSA) is 57.5 Å². The summed E-state index contributed by atoms with van der Waals surface area (Å²) in [6.07, 6.45) is 6.85. The summed E-state index contributed by atoms with van der Waals surface area (Å²) >= 11 is 3.79. The van der Waals surface area contributed by atoms with Gasteiger partial charge in [0.2, 0.25) is 0 Å². The van der Waals surface area contributed by atoms with Crippen LogP contribution in [-0.4, -0.2) is 33.0 Å². The van der Waals surface area contributed by atoms with E-state index in [1.54, 1.807) is 6.92 Å². The minimum Gasteiger partial charge on any atom is -0.392 e. The van der Waals surface area contributed by atoms with Crippen molar-refractivity contribution in [3.8, 4) is 0 Å². The summed E-state index contributed by atoms with van der Waals surface area (Å²) in [4.78, 5) is 12.6. The molecule has 136 valence electrons. The van der Waals surface area contributed by atoms with Gasteiger partial charge in [0.05, 0.1) is 6.10 Å². The van der Waals surface area contributed by atoms with E-state index in [1.807, 2.05) is 0 Å². The van der Waals surface area contributed by atoms with Crippen molar-refractivity contribution in [1.82, 2.24) is 0 Å². The number of aliphatic hydroxyl groups excluding tert-OH is 1. The Kier molecular flexibility index (Phi) is 4.59. The first-order chi connectivity index (χ1) is 11.1. The van der Waals surface area contributed by atoms with Gasteiger partial charge in [0.1, 0.15) is 5.60 Å². The van der Waals surface area contributed by atoms with Crippen molar-refractivity contribution in [1.29, 1.82) is 0 Å². The van der Waals surface area contributed by atoms with Crippen LogP contribution >= 0.6 is 15.9 Å². The van der Waals surface area contributed by atoms with Crippen LogP contribution < -0.4 is 0 Å². The molecule has 0 aromatic heterocycles. The lowest BCUT2D eigenvalue weighted by Crippen LogP contribution is -2.68. The molecule has 3 aliphatic rings. The van der Waals surface area contributed by atoms with Crippen molar-refractivity contribution in [3.63, 3.8) is 0 Å². The van der Waals surface area contributed by atoms with Gasteiger partial charge in [-0.1, -0.05) is 48.9 Å². The molecule has 0 amide bonds. The quantitative estimate of drug-likeness (QED) is 0.550. The van der Waals surface area contributed by atoms with Crippen LogP contribution in [0.2, 0.25) is 0 Å². The molecular weight excluding hydrogens is 368 g/mol. The molecular formula is C20H31BrO3. The third-order valence-corrected chi connectivity index (χ3v) is 8.74. The average molecular weight is 399 g/mol. The van der Waals surface area contributed by atoms with Crippen LogP contribution in [0.4, 0.5) is 0 Å². The van der Waals surface area contributed by atoms with Crippen molar-refractivity contribution in [2.45, 2.75) is 65.1 Å². The molecule has 7 unspecified atom stereocenters. The first-order valence-electron chi connectivity index (χ1n) is 9.27. The highest BCUT2D eigenvalue weighted by atomic mass is 79.9. The Labute approximate surface area is 154 Å². The summed E-state index contributed by atoms with van der Waals surface area (Å²) in [5, 5.41) is 22.8. The second kappa shape index (κ2) is 5.92. The van der Waals surface area contributed by atoms with Gasteiger partial charge in [-0.05, 0) is 49.4 Å². The average Bonchev–Trinajstić information content (AvgIpc) is 2.52. The highest BCUT2D eigenvalue weighted by molar-refractivity contribution is 9.09.